The first kappa shape index (κ1) is 39.4. The van der Waals surface area contributed by atoms with Gasteiger partial charge in [-0.15, -0.1) is 0 Å². The molecule has 7 aromatic rings. The molecule has 0 bridgehead atoms. The Labute approximate surface area is 363 Å². The third kappa shape index (κ3) is 7.66. The molecule has 7 aromatic carbocycles. The minimum absolute atomic E-state index is 0.00770. The number of benzene rings is 7. The van der Waals surface area contributed by atoms with E-state index in [1.54, 1.807) is 0 Å². The van der Waals surface area contributed by atoms with E-state index < -0.39 is 24.5 Å². The van der Waals surface area contributed by atoms with E-state index >= 15 is 0 Å². The SMILES string of the molecule is O=C(NCC(O)c1ccc(OC(=O)OCC2c3ccccc3-c3ccccc32)c(OC(=O)OCC2c3ccccc3-c3ccccc32)c1)OCC1c2ccccc2-c2ccccc21. The van der Waals surface area contributed by atoms with Crippen LogP contribution in [0.5, 0.6) is 11.5 Å². The van der Waals surface area contributed by atoms with Crippen LogP contribution in [0.1, 0.15) is 62.8 Å². The lowest BCUT2D eigenvalue weighted by atomic mass is 9.98. The molecular weight excluding hydrogens is 795 g/mol. The van der Waals surface area contributed by atoms with Crippen LogP contribution in [0.15, 0.2) is 164 Å². The van der Waals surface area contributed by atoms with Crippen molar-refractivity contribution in [2.45, 2.75) is 23.9 Å². The molecule has 63 heavy (non-hydrogen) atoms. The Morgan fingerprint density at radius 2 is 0.778 bits per heavy atom. The second kappa shape index (κ2) is 17.0. The van der Waals surface area contributed by atoms with Crippen LogP contribution in [0.3, 0.4) is 0 Å². The molecule has 0 saturated heterocycles. The van der Waals surface area contributed by atoms with Gasteiger partial charge in [0.25, 0.3) is 0 Å². The maximum absolute atomic E-state index is 13.4. The average Bonchev–Trinajstić information content (AvgIpc) is 3.94. The number of amides is 1. The van der Waals surface area contributed by atoms with Gasteiger partial charge in [0, 0.05) is 17.8 Å². The zero-order valence-corrected chi connectivity index (χ0v) is 33.9. The van der Waals surface area contributed by atoms with Crippen LogP contribution in [0.4, 0.5) is 14.4 Å². The second-order valence-electron chi connectivity index (χ2n) is 15.7. The van der Waals surface area contributed by atoms with Crippen LogP contribution in [0.25, 0.3) is 33.4 Å². The molecule has 1 amide bonds. The van der Waals surface area contributed by atoms with Crippen LogP contribution in [0, 0.1) is 0 Å². The van der Waals surface area contributed by atoms with Gasteiger partial charge in [-0.2, -0.15) is 0 Å². The first-order valence-electron chi connectivity index (χ1n) is 20.9. The number of aliphatic hydroxyl groups is 1. The largest absolute Gasteiger partial charge is 0.514 e. The lowest BCUT2D eigenvalue weighted by molar-refractivity contribution is 0.0866. The fraction of sp³-hybridized carbons (Fsp3) is 0.151. The molecule has 0 heterocycles. The molecule has 0 saturated carbocycles. The molecule has 0 aromatic heterocycles. The molecule has 3 aliphatic carbocycles. The monoisotopic (exact) mass is 835 g/mol. The van der Waals surface area contributed by atoms with E-state index in [-0.39, 0.29) is 61.2 Å². The Bertz CT molecular complexity index is 2750. The van der Waals surface area contributed by atoms with E-state index in [2.05, 4.69) is 17.4 Å². The van der Waals surface area contributed by atoms with Gasteiger partial charge in [0.2, 0.25) is 0 Å². The number of hydrogen-bond acceptors (Lipinski definition) is 9. The number of rotatable bonds is 11. The first-order valence-corrected chi connectivity index (χ1v) is 20.9. The zero-order valence-electron chi connectivity index (χ0n) is 33.9. The van der Waals surface area contributed by atoms with E-state index in [0.29, 0.717) is 0 Å². The summed E-state index contributed by atoms with van der Waals surface area (Å²) in [6, 6.07) is 52.3. The molecule has 0 spiro atoms. The van der Waals surface area contributed by atoms with Gasteiger partial charge in [0.15, 0.2) is 11.5 Å². The maximum atomic E-state index is 13.4. The van der Waals surface area contributed by atoms with E-state index in [9.17, 15) is 19.5 Å². The summed E-state index contributed by atoms with van der Waals surface area (Å²) < 4.78 is 28.4. The zero-order chi connectivity index (χ0) is 42.9. The van der Waals surface area contributed by atoms with Crippen LogP contribution in [-0.2, 0) is 14.2 Å². The van der Waals surface area contributed by atoms with Crippen LogP contribution < -0.4 is 14.8 Å². The third-order valence-electron chi connectivity index (χ3n) is 12.2. The summed E-state index contributed by atoms with van der Waals surface area (Å²) in [5.41, 5.74) is 13.1. The summed E-state index contributed by atoms with van der Waals surface area (Å²) in [6.07, 6.45) is -4.03. The van der Waals surface area contributed by atoms with Gasteiger partial charge in [0.1, 0.15) is 19.8 Å². The summed E-state index contributed by atoms with van der Waals surface area (Å²) in [5.74, 6) is -0.893. The predicted octanol–water partition coefficient (Wildman–Crippen LogP) is 10.9. The number of hydrogen-bond donors (Lipinski definition) is 2. The average molecular weight is 836 g/mol. The molecule has 10 rings (SSSR count). The summed E-state index contributed by atoms with van der Waals surface area (Å²) >= 11 is 0. The number of nitrogens with one attached hydrogen (secondary N) is 1. The minimum atomic E-state index is -1.26. The van der Waals surface area contributed by atoms with E-state index in [1.165, 1.54) is 18.2 Å². The van der Waals surface area contributed by atoms with Crippen molar-refractivity contribution in [3.8, 4) is 44.9 Å². The third-order valence-corrected chi connectivity index (χ3v) is 12.2. The molecule has 0 fully saturated rings. The van der Waals surface area contributed by atoms with Crippen LogP contribution in [-0.4, -0.2) is 49.9 Å². The van der Waals surface area contributed by atoms with Crippen molar-refractivity contribution in [1.82, 2.24) is 5.32 Å². The summed E-state index contributed by atoms with van der Waals surface area (Å²) in [6.45, 7) is -0.126. The second-order valence-corrected chi connectivity index (χ2v) is 15.7. The summed E-state index contributed by atoms with van der Waals surface area (Å²) in [7, 11) is 0. The Hall–Kier alpha value is -7.69. The van der Waals surface area contributed by atoms with Crippen molar-refractivity contribution in [3.63, 3.8) is 0 Å². The highest BCUT2D eigenvalue weighted by molar-refractivity contribution is 5.81. The Morgan fingerprint density at radius 3 is 1.16 bits per heavy atom. The molecule has 1 atom stereocenters. The van der Waals surface area contributed by atoms with Gasteiger partial charge < -0.3 is 34.1 Å². The van der Waals surface area contributed by atoms with Crippen molar-refractivity contribution >= 4 is 18.4 Å². The van der Waals surface area contributed by atoms with Crippen LogP contribution in [0.2, 0.25) is 0 Å². The molecule has 2 N–H and O–H groups in total. The van der Waals surface area contributed by atoms with Gasteiger partial charge in [-0.1, -0.05) is 152 Å². The Morgan fingerprint density at radius 1 is 0.444 bits per heavy atom. The van der Waals surface area contributed by atoms with Gasteiger partial charge in [0.05, 0.1) is 12.6 Å². The molecule has 312 valence electrons. The molecule has 10 heteroatoms. The minimum Gasteiger partial charge on any atom is -0.449 e. The van der Waals surface area contributed by atoms with Crippen LogP contribution >= 0.6 is 0 Å². The van der Waals surface area contributed by atoms with Gasteiger partial charge in [-0.05, 0) is 84.5 Å². The lowest BCUT2D eigenvalue weighted by Gasteiger charge is -2.18. The molecule has 0 radical (unpaired) electrons. The molecule has 10 nitrogen and oxygen atoms in total. The van der Waals surface area contributed by atoms with Gasteiger partial charge >= 0.3 is 18.4 Å². The standard InChI is InChI=1S/C53H41NO9/c55-48(28-54-51(56)59-29-45-39-19-7-1-13-33(39)34-14-2-8-20-40(34)45)32-25-26-49(62-52(57)60-30-46-41-21-9-3-15-35(41)36-16-4-10-22-42(36)46)50(27-32)63-53(58)61-31-47-43-23-11-5-17-37(43)38-18-6-12-24-44(38)47/h1-27,45-48,55H,28-31H2,(H,54,56). The summed E-state index contributed by atoms with van der Waals surface area (Å²) in [5, 5.41) is 13.9. The van der Waals surface area contributed by atoms with Crippen molar-refractivity contribution in [2.24, 2.45) is 0 Å². The first-order chi connectivity index (χ1) is 30.9. The number of alkyl carbamates (subject to hydrolysis) is 1. The van der Waals surface area contributed by atoms with Crippen molar-refractivity contribution in [3.05, 3.63) is 203 Å². The van der Waals surface area contributed by atoms with Crippen molar-refractivity contribution in [1.29, 1.82) is 0 Å². The smallest absolute Gasteiger partial charge is 0.449 e. The highest BCUT2D eigenvalue weighted by Gasteiger charge is 2.32. The molecule has 1 unspecified atom stereocenters. The molecule has 3 aliphatic rings. The fourth-order valence-corrected chi connectivity index (χ4v) is 9.26. The maximum Gasteiger partial charge on any atom is 0.514 e. The van der Waals surface area contributed by atoms with Crippen molar-refractivity contribution < 1.29 is 43.2 Å². The van der Waals surface area contributed by atoms with Crippen molar-refractivity contribution in [2.75, 3.05) is 26.4 Å². The Balaban J connectivity index is 0.825. The number of fused-ring (bicyclic) bond motifs is 9. The lowest BCUT2D eigenvalue weighted by Crippen LogP contribution is -2.30. The van der Waals surface area contributed by atoms with Gasteiger partial charge in [-0.3, -0.25) is 0 Å². The highest BCUT2D eigenvalue weighted by atomic mass is 16.7. The number of carbonyl (C=O) groups is 3. The highest BCUT2D eigenvalue weighted by Crippen LogP contribution is 2.47. The quantitative estimate of drug-likeness (QED) is 0.0743. The Kier molecular flexibility index (Phi) is 10.6. The number of ether oxygens (including phenoxy) is 5. The molecular formula is C53H41NO9. The number of aliphatic hydroxyl groups excluding tert-OH is 1. The molecule has 0 aliphatic heterocycles. The predicted molar refractivity (Wildman–Crippen MR) is 236 cm³/mol. The van der Waals surface area contributed by atoms with E-state index in [0.717, 1.165) is 66.8 Å². The van der Waals surface area contributed by atoms with E-state index in [4.69, 9.17) is 23.7 Å². The normalized spacial score (nSPS) is 13.7. The van der Waals surface area contributed by atoms with Gasteiger partial charge in [-0.25, -0.2) is 14.4 Å². The topological polar surface area (TPSA) is 130 Å². The van der Waals surface area contributed by atoms with E-state index in [1.807, 2.05) is 133 Å². The fourth-order valence-electron chi connectivity index (χ4n) is 9.26. The number of carbonyl (C=O) groups excluding carboxylic acids is 3. The summed E-state index contributed by atoms with van der Waals surface area (Å²) in [4.78, 5) is 39.7.